The van der Waals surface area contributed by atoms with Crippen LogP contribution >= 0.6 is 27.3 Å². The number of rotatable bonds is 9. The zero-order valence-electron chi connectivity index (χ0n) is 18.5. The fourth-order valence-corrected chi connectivity index (χ4v) is 5.63. The SMILES string of the molecule is CC1(C)C(C(=O)C=O)NCN1CCNc1ncc(Br)c(-c2ccc(Cc3ccccc3)s2)n1. The molecule has 3 aromatic rings. The van der Waals surface area contributed by atoms with Gasteiger partial charge in [-0.1, -0.05) is 30.3 Å². The van der Waals surface area contributed by atoms with Crippen molar-refractivity contribution in [1.82, 2.24) is 20.2 Å². The summed E-state index contributed by atoms with van der Waals surface area (Å²) >= 11 is 5.31. The topological polar surface area (TPSA) is 87.2 Å². The number of hydrogen-bond donors (Lipinski definition) is 2. The number of nitrogens with one attached hydrogen (secondary N) is 2. The van der Waals surface area contributed by atoms with E-state index in [-0.39, 0.29) is 0 Å². The van der Waals surface area contributed by atoms with E-state index in [1.54, 1.807) is 17.5 Å². The molecule has 0 aliphatic carbocycles. The summed E-state index contributed by atoms with van der Waals surface area (Å²) in [5.41, 5.74) is 1.69. The van der Waals surface area contributed by atoms with Crippen LogP contribution in [0, 0.1) is 0 Å². The zero-order valence-corrected chi connectivity index (χ0v) is 20.9. The van der Waals surface area contributed by atoms with Crippen LogP contribution in [0.2, 0.25) is 0 Å². The summed E-state index contributed by atoms with van der Waals surface area (Å²) in [7, 11) is 0. The Morgan fingerprint density at radius 3 is 2.85 bits per heavy atom. The minimum absolute atomic E-state index is 0.397. The number of ketones is 1. The summed E-state index contributed by atoms with van der Waals surface area (Å²) in [4.78, 5) is 36.4. The Morgan fingerprint density at radius 1 is 1.30 bits per heavy atom. The summed E-state index contributed by atoms with van der Waals surface area (Å²) < 4.78 is 0.848. The van der Waals surface area contributed by atoms with E-state index in [1.807, 2.05) is 19.9 Å². The van der Waals surface area contributed by atoms with Gasteiger partial charge in [0.15, 0.2) is 6.29 Å². The number of carbonyl (C=O) groups excluding carboxylic acids is 2. The van der Waals surface area contributed by atoms with Crippen LogP contribution in [0.15, 0.2) is 53.1 Å². The highest BCUT2D eigenvalue weighted by Crippen LogP contribution is 2.33. The molecule has 0 radical (unpaired) electrons. The van der Waals surface area contributed by atoms with Crippen molar-refractivity contribution >= 4 is 45.3 Å². The monoisotopic (exact) mass is 527 g/mol. The first-order chi connectivity index (χ1) is 15.9. The molecule has 2 N–H and O–H groups in total. The van der Waals surface area contributed by atoms with Gasteiger partial charge < -0.3 is 5.32 Å². The van der Waals surface area contributed by atoms with Gasteiger partial charge in [0, 0.05) is 42.8 Å². The molecule has 0 spiro atoms. The van der Waals surface area contributed by atoms with E-state index in [1.165, 1.54) is 10.4 Å². The lowest BCUT2D eigenvalue weighted by atomic mass is 9.92. The molecule has 1 atom stereocenters. The van der Waals surface area contributed by atoms with Crippen molar-refractivity contribution in [2.24, 2.45) is 0 Å². The highest BCUT2D eigenvalue weighted by molar-refractivity contribution is 9.10. The van der Waals surface area contributed by atoms with Gasteiger partial charge in [-0.05, 0) is 47.5 Å². The maximum Gasteiger partial charge on any atom is 0.223 e. The summed E-state index contributed by atoms with van der Waals surface area (Å²) in [6, 6.07) is 14.2. The molecular formula is C24H26BrN5O2S. The van der Waals surface area contributed by atoms with Crippen molar-refractivity contribution < 1.29 is 9.59 Å². The maximum absolute atomic E-state index is 11.9. The first-order valence-electron chi connectivity index (χ1n) is 10.8. The average Bonchev–Trinajstić information content (AvgIpc) is 3.39. The minimum Gasteiger partial charge on any atom is -0.353 e. The van der Waals surface area contributed by atoms with Gasteiger partial charge in [0.25, 0.3) is 0 Å². The number of aldehydes is 1. The van der Waals surface area contributed by atoms with Crippen molar-refractivity contribution in [3.63, 3.8) is 0 Å². The second kappa shape index (κ2) is 10.2. The van der Waals surface area contributed by atoms with Gasteiger partial charge in [0.2, 0.25) is 11.7 Å². The fraction of sp³-hybridized carbons (Fsp3) is 0.333. The molecule has 7 nitrogen and oxygen atoms in total. The number of aromatic nitrogens is 2. The quantitative estimate of drug-likeness (QED) is 0.323. The van der Waals surface area contributed by atoms with E-state index in [0.29, 0.717) is 32.0 Å². The van der Waals surface area contributed by atoms with E-state index in [4.69, 9.17) is 4.98 Å². The first kappa shape index (κ1) is 23.7. The molecule has 4 rings (SSSR count). The number of thiophene rings is 1. The second-order valence-electron chi connectivity index (χ2n) is 8.48. The Balaban J connectivity index is 1.39. The van der Waals surface area contributed by atoms with Crippen LogP contribution in [0.5, 0.6) is 0 Å². The largest absolute Gasteiger partial charge is 0.353 e. The van der Waals surface area contributed by atoms with Crippen LogP contribution in [0.25, 0.3) is 10.6 Å². The molecular weight excluding hydrogens is 502 g/mol. The standard InChI is InChI=1S/C24H26BrN5O2S/c1-24(2)22(19(32)14-31)28-15-30(24)11-10-26-23-27-13-18(25)21(29-23)20-9-8-17(33-20)12-16-6-4-3-5-7-16/h3-9,13-14,22,28H,10-12,15H2,1-2H3,(H,26,27,29). The Kier molecular flexibility index (Phi) is 7.33. The van der Waals surface area contributed by atoms with Gasteiger partial charge >= 0.3 is 0 Å². The van der Waals surface area contributed by atoms with Crippen molar-refractivity contribution in [3.8, 4) is 10.6 Å². The van der Waals surface area contributed by atoms with Gasteiger partial charge in [0.05, 0.1) is 21.1 Å². The van der Waals surface area contributed by atoms with Crippen LogP contribution in [0.4, 0.5) is 5.95 Å². The molecule has 0 saturated carbocycles. The molecule has 33 heavy (non-hydrogen) atoms. The van der Waals surface area contributed by atoms with Gasteiger partial charge in [-0.15, -0.1) is 11.3 Å². The van der Waals surface area contributed by atoms with E-state index in [2.05, 4.69) is 72.8 Å². The van der Waals surface area contributed by atoms with E-state index < -0.39 is 17.4 Å². The highest BCUT2D eigenvalue weighted by atomic mass is 79.9. The van der Waals surface area contributed by atoms with Gasteiger partial charge in [-0.3, -0.25) is 19.8 Å². The third kappa shape index (κ3) is 5.38. The highest BCUT2D eigenvalue weighted by Gasteiger charge is 2.44. The Hall–Kier alpha value is -2.46. The van der Waals surface area contributed by atoms with E-state index in [9.17, 15) is 9.59 Å². The number of nitrogens with zero attached hydrogens (tertiary/aromatic N) is 3. The third-order valence-corrected chi connectivity index (χ3v) is 7.61. The van der Waals surface area contributed by atoms with Crippen molar-refractivity contribution in [2.45, 2.75) is 31.8 Å². The first-order valence-corrected chi connectivity index (χ1v) is 12.4. The van der Waals surface area contributed by atoms with Crippen LogP contribution in [-0.4, -0.2) is 58.3 Å². The number of carbonyl (C=O) groups is 2. The molecule has 0 bridgehead atoms. The lowest BCUT2D eigenvalue weighted by Crippen LogP contribution is -2.51. The predicted molar refractivity (Wildman–Crippen MR) is 134 cm³/mol. The molecule has 2 aromatic heterocycles. The molecule has 1 unspecified atom stereocenters. The lowest BCUT2D eigenvalue weighted by molar-refractivity contribution is -0.132. The fourth-order valence-electron chi connectivity index (χ4n) is 4.05. The summed E-state index contributed by atoms with van der Waals surface area (Å²) in [5.74, 6) is 0.135. The normalized spacial score (nSPS) is 17.7. The van der Waals surface area contributed by atoms with Crippen LogP contribution in [0.3, 0.4) is 0 Å². The molecule has 1 saturated heterocycles. The molecule has 3 heterocycles. The number of Topliss-reactive ketones (excluding diaryl/α,β-unsaturated/α-hetero) is 1. The predicted octanol–water partition coefficient (Wildman–Crippen LogP) is 3.75. The second-order valence-corrected chi connectivity index (χ2v) is 10.5. The number of halogens is 1. The minimum atomic E-state index is -0.491. The van der Waals surface area contributed by atoms with Crippen LogP contribution < -0.4 is 10.6 Å². The zero-order chi connectivity index (χ0) is 23.4. The van der Waals surface area contributed by atoms with Gasteiger partial charge in [-0.2, -0.15) is 0 Å². The van der Waals surface area contributed by atoms with Gasteiger partial charge in [-0.25, -0.2) is 9.97 Å². The van der Waals surface area contributed by atoms with Crippen molar-refractivity contribution in [2.75, 3.05) is 25.1 Å². The summed E-state index contributed by atoms with van der Waals surface area (Å²) in [5, 5.41) is 6.42. The Bertz CT molecular complexity index is 1130. The number of hydrogen-bond acceptors (Lipinski definition) is 8. The third-order valence-electron chi connectivity index (χ3n) is 5.93. The van der Waals surface area contributed by atoms with Crippen molar-refractivity contribution in [1.29, 1.82) is 0 Å². The van der Waals surface area contributed by atoms with E-state index in [0.717, 1.165) is 21.5 Å². The number of anilines is 1. The average molecular weight is 528 g/mol. The molecule has 1 aliphatic heterocycles. The maximum atomic E-state index is 11.9. The van der Waals surface area contributed by atoms with Crippen LogP contribution in [0.1, 0.15) is 24.3 Å². The molecule has 1 fully saturated rings. The van der Waals surface area contributed by atoms with Gasteiger partial charge in [0.1, 0.15) is 0 Å². The Labute approximate surface area is 205 Å². The smallest absolute Gasteiger partial charge is 0.223 e. The number of benzene rings is 1. The molecule has 172 valence electrons. The van der Waals surface area contributed by atoms with Crippen LogP contribution in [-0.2, 0) is 16.0 Å². The lowest BCUT2D eigenvalue weighted by Gasteiger charge is -2.33. The summed E-state index contributed by atoms with van der Waals surface area (Å²) in [6.07, 6.45) is 3.06. The Morgan fingerprint density at radius 2 is 2.09 bits per heavy atom. The summed E-state index contributed by atoms with van der Waals surface area (Å²) in [6.45, 7) is 5.77. The molecule has 1 aromatic carbocycles. The van der Waals surface area contributed by atoms with E-state index >= 15 is 0 Å². The molecule has 9 heteroatoms. The molecule has 0 amide bonds. The van der Waals surface area contributed by atoms with Crippen molar-refractivity contribution in [3.05, 3.63) is 63.6 Å². The molecule has 1 aliphatic rings.